The van der Waals surface area contributed by atoms with Crippen molar-refractivity contribution >= 4 is 5.91 Å². The van der Waals surface area contributed by atoms with Crippen molar-refractivity contribution < 1.29 is 4.79 Å². The van der Waals surface area contributed by atoms with Crippen molar-refractivity contribution in [1.82, 2.24) is 15.5 Å². The van der Waals surface area contributed by atoms with Gasteiger partial charge in [0.2, 0.25) is 5.91 Å². The van der Waals surface area contributed by atoms with Gasteiger partial charge in [0, 0.05) is 13.6 Å². The van der Waals surface area contributed by atoms with Crippen molar-refractivity contribution in [2.24, 2.45) is 5.92 Å². The van der Waals surface area contributed by atoms with Crippen LogP contribution in [0.25, 0.3) is 0 Å². The van der Waals surface area contributed by atoms with Gasteiger partial charge in [-0.2, -0.15) is 0 Å². The fourth-order valence-electron chi connectivity index (χ4n) is 2.28. The molecule has 1 aliphatic rings. The lowest BCUT2D eigenvalue weighted by Gasteiger charge is -2.31. The van der Waals surface area contributed by atoms with E-state index in [0.29, 0.717) is 0 Å². The summed E-state index contributed by atoms with van der Waals surface area (Å²) in [4.78, 5) is 14.0. The minimum atomic E-state index is 0.205. The molecule has 2 N–H and O–H groups in total. The minimum Gasteiger partial charge on any atom is -0.359 e. The summed E-state index contributed by atoms with van der Waals surface area (Å²) < 4.78 is 0. The summed E-state index contributed by atoms with van der Waals surface area (Å²) in [6.45, 7) is 7.45. The summed E-state index contributed by atoms with van der Waals surface area (Å²) in [5.74, 6) is 0.411. The summed E-state index contributed by atoms with van der Waals surface area (Å²) in [5.41, 5.74) is 0. The number of nitrogens with one attached hydrogen (secondary N) is 2. The molecule has 94 valence electrons. The number of amides is 1. The molecule has 1 rings (SSSR count). The Labute approximate surface area is 98.8 Å². The van der Waals surface area contributed by atoms with E-state index in [9.17, 15) is 4.79 Å². The van der Waals surface area contributed by atoms with Crippen LogP contribution in [-0.4, -0.2) is 50.6 Å². The molecule has 0 radical (unpaired) electrons. The van der Waals surface area contributed by atoms with Crippen LogP contribution in [0.1, 0.15) is 26.2 Å². The molecule has 4 heteroatoms. The molecule has 16 heavy (non-hydrogen) atoms. The molecule has 4 nitrogen and oxygen atoms in total. The molecule has 1 heterocycles. The topological polar surface area (TPSA) is 44.4 Å². The molecule has 0 bridgehead atoms. The maximum Gasteiger partial charge on any atom is 0.224 e. The largest absolute Gasteiger partial charge is 0.359 e. The van der Waals surface area contributed by atoms with E-state index in [-0.39, 0.29) is 11.8 Å². The van der Waals surface area contributed by atoms with E-state index in [1.807, 2.05) is 0 Å². The second-order valence-corrected chi connectivity index (χ2v) is 4.46. The molecule has 1 aliphatic heterocycles. The first-order valence-corrected chi connectivity index (χ1v) is 6.42. The molecule has 0 saturated carbocycles. The monoisotopic (exact) mass is 227 g/mol. The van der Waals surface area contributed by atoms with Crippen molar-refractivity contribution in [3.8, 4) is 0 Å². The first-order chi connectivity index (χ1) is 7.77. The Morgan fingerprint density at radius 3 is 3.00 bits per heavy atom. The van der Waals surface area contributed by atoms with Crippen molar-refractivity contribution in [3.63, 3.8) is 0 Å². The summed E-state index contributed by atoms with van der Waals surface area (Å²) in [6.07, 6.45) is 3.37. The molecule has 1 amide bonds. The van der Waals surface area contributed by atoms with Gasteiger partial charge in [0.05, 0.1) is 5.92 Å². The standard InChI is InChI=1S/C12H25N3O/c1-3-14-7-5-9-15-8-4-6-11(10-15)12(16)13-2/h11,14H,3-10H2,1-2H3,(H,13,16). The SMILES string of the molecule is CCNCCCN1CCCC(C(=O)NC)C1. The second kappa shape index (κ2) is 7.63. The maximum atomic E-state index is 11.5. The number of rotatable bonds is 6. The first-order valence-electron chi connectivity index (χ1n) is 6.42. The molecule has 0 aliphatic carbocycles. The van der Waals surface area contributed by atoms with Crippen molar-refractivity contribution in [1.29, 1.82) is 0 Å². The average molecular weight is 227 g/mol. The van der Waals surface area contributed by atoms with Crippen LogP contribution in [0.3, 0.4) is 0 Å². The fourth-order valence-corrected chi connectivity index (χ4v) is 2.28. The number of likely N-dealkylation sites (tertiary alicyclic amines) is 1. The predicted octanol–water partition coefficient (Wildman–Crippen LogP) is 0.444. The van der Waals surface area contributed by atoms with E-state index >= 15 is 0 Å². The van der Waals surface area contributed by atoms with E-state index in [1.54, 1.807) is 7.05 Å². The van der Waals surface area contributed by atoms with Crippen LogP contribution in [0.5, 0.6) is 0 Å². The quantitative estimate of drug-likeness (QED) is 0.647. The fraction of sp³-hybridized carbons (Fsp3) is 0.917. The third kappa shape index (κ3) is 4.49. The lowest BCUT2D eigenvalue weighted by atomic mass is 9.97. The Kier molecular flexibility index (Phi) is 6.42. The molecular weight excluding hydrogens is 202 g/mol. The molecule has 1 atom stereocenters. The van der Waals surface area contributed by atoms with Crippen LogP contribution in [-0.2, 0) is 4.79 Å². The number of hydrogen-bond donors (Lipinski definition) is 2. The van der Waals surface area contributed by atoms with Crippen molar-refractivity contribution in [3.05, 3.63) is 0 Å². The molecule has 1 saturated heterocycles. The van der Waals surface area contributed by atoms with Gasteiger partial charge < -0.3 is 15.5 Å². The molecule has 1 unspecified atom stereocenters. The zero-order valence-corrected chi connectivity index (χ0v) is 10.6. The smallest absolute Gasteiger partial charge is 0.224 e. The van der Waals surface area contributed by atoms with Gasteiger partial charge in [-0.15, -0.1) is 0 Å². The molecule has 1 fully saturated rings. The maximum absolute atomic E-state index is 11.5. The second-order valence-electron chi connectivity index (χ2n) is 4.46. The summed E-state index contributed by atoms with van der Waals surface area (Å²) in [7, 11) is 1.73. The number of nitrogens with zero attached hydrogens (tertiary/aromatic N) is 1. The van der Waals surface area contributed by atoms with Crippen LogP contribution in [0, 0.1) is 5.92 Å². The number of hydrogen-bond acceptors (Lipinski definition) is 3. The van der Waals surface area contributed by atoms with Gasteiger partial charge in [-0.3, -0.25) is 4.79 Å². The van der Waals surface area contributed by atoms with Crippen LogP contribution in [0.4, 0.5) is 0 Å². The van der Waals surface area contributed by atoms with Crippen LogP contribution in [0.2, 0.25) is 0 Å². The van der Waals surface area contributed by atoms with Gasteiger partial charge >= 0.3 is 0 Å². The molecule has 0 aromatic carbocycles. The van der Waals surface area contributed by atoms with Crippen LogP contribution >= 0.6 is 0 Å². The Hall–Kier alpha value is -0.610. The van der Waals surface area contributed by atoms with Gasteiger partial charge in [0.25, 0.3) is 0 Å². The van der Waals surface area contributed by atoms with E-state index in [4.69, 9.17) is 0 Å². The van der Waals surface area contributed by atoms with E-state index in [1.165, 1.54) is 6.42 Å². The predicted molar refractivity (Wildman–Crippen MR) is 66.4 cm³/mol. The zero-order chi connectivity index (χ0) is 11.8. The highest BCUT2D eigenvalue weighted by Crippen LogP contribution is 2.16. The zero-order valence-electron chi connectivity index (χ0n) is 10.6. The Morgan fingerprint density at radius 2 is 2.31 bits per heavy atom. The number of carbonyl (C=O) groups is 1. The summed E-state index contributed by atoms with van der Waals surface area (Å²) in [5, 5.41) is 6.08. The molecular formula is C12H25N3O. The molecule has 0 spiro atoms. The van der Waals surface area contributed by atoms with Gasteiger partial charge in [0.1, 0.15) is 0 Å². The van der Waals surface area contributed by atoms with Crippen molar-refractivity contribution in [2.75, 3.05) is 39.8 Å². The highest BCUT2D eigenvalue weighted by Gasteiger charge is 2.24. The van der Waals surface area contributed by atoms with E-state index in [2.05, 4.69) is 22.5 Å². The van der Waals surface area contributed by atoms with Crippen LogP contribution < -0.4 is 10.6 Å². The van der Waals surface area contributed by atoms with Gasteiger partial charge in [-0.05, 0) is 45.4 Å². The summed E-state index contributed by atoms with van der Waals surface area (Å²) in [6, 6.07) is 0. The molecule has 0 aromatic rings. The lowest BCUT2D eigenvalue weighted by molar-refractivity contribution is -0.126. The highest BCUT2D eigenvalue weighted by molar-refractivity contribution is 5.78. The first kappa shape index (κ1) is 13.5. The Morgan fingerprint density at radius 1 is 1.50 bits per heavy atom. The lowest BCUT2D eigenvalue weighted by Crippen LogP contribution is -2.42. The average Bonchev–Trinajstić information content (AvgIpc) is 2.34. The normalized spacial score (nSPS) is 22.0. The van der Waals surface area contributed by atoms with E-state index in [0.717, 1.165) is 45.6 Å². The van der Waals surface area contributed by atoms with Gasteiger partial charge in [-0.1, -0.05) is 6.92 Å². The van der Waals surface area contributed by atoms with Crippen LogP contribution in [0.15, 0.2) is 0 Å². The molecule has 0 aromatic heterocycles. The Balaban J connectivity index is 2.20. The Bertz CT molecular complexity index is 208. The van der Waals surface area contributed by atoms with Gasteiger partial charge in [-0.25, -0.2) is 0 Å². The summed E-state index contributed by atoms with van der Waals surface area (Å²) >= 11 is 0. The van der Waals surface area contributed by atoms with Crippen molar-refractivity contribution in [2.45, 2.75) is 26.2 Å². The number of piperidine rings is 1. The minimum absolute atomic E-state index is 0.205. The third-order valence-electron chi connectivity index (χ3n) is 3.20. The van der Waals surface area contributed by atoms with Gasteiger partial charge in [0.15, 0.2) is 0 Å². The number of carbonyl (C=O) groups excluding carboxylic acids is 1. The highest BCUT2D eigenvalue weighted by atomic mass is 16.1. The third-order valence-corrected chi connectivity index (χ3v) is 3.20. The van der Waals surface area contributed by atoms with E-state index < -0.39 is 0 Å².